The van der Waals surface area contributed by atoms with Gasteiger partial charge in [-0.3, -0.25) is 4.99 Å². The Labute approximate surface area is 175 Å². The predicted octanol–water partition coefficient (Wildman–Crippen LogP) is -0.755. The summed E-state index contributed by atoms with van der Waals surface area (Å²) >= 11 is 0. The van der Waals surface area contributed by atoms with Crippen molar-refractivity contribution in [1.29, 1.82) is 0 Å². The third-order valence-corrected chi connectivity index (χ3v) is 4.38. The van der Waals surface area contributed by atoms with Crippen LogP contribution in [0.4, 0.5) is 0 Å². The molecule has 148 valence electrons. The van der Waals surface area contributed by atoms with Gasteiger partial charge in [-0.15, -0.1) is 0 Å². The van der Waals surface area contributed by atoms with Gasteiger partial charge < -0.3 is 21.9 Å². The van der Waals surface area contributed by atoms with Crippen molar-refractivity contribution in [2.75, 3.05) is 6.61 Å². The Morgan fingerprint density at radius 3 is 2.72 bits per heavy atom. The van der Waals surface area contributed by atoms with Crippen LogP contribution < -0.4 is 22.0 Å². The zero-order valence-electron chi connectivity index (χ0n) is 15.8. The molecule has 29 heavy (non-hydrogen) atoms. The molecule has 0 saturated carbocycles. The van der Waals surface area contributed by atoms with Gasteiger partial charge >= 0.3 is 5.97 Å². The Kier molecular flexibility index (Phi) is 6.59. The summed E-state index contributed by atoms with van der Waals surface area (Å²) in [5.74, 6) is 1.01. The summed E-state index contributed by atoms with van der Waals surface area (Å²) in [5, 5.41) is 0. The molecule has 0 aromatic heterocycles. The highest BCUT2D eigenvalue weighted by Gasteiger charge is 2.36. The first kappa shape index (κ1) is 20.5. The standard InChI is InChI=1S/C22H19N3O3.ClH/c1-2-27-22(26)20-19-14-23-11-12-25(19)21(24-20)17-9-6-10-18(13-17)28-15-16-7-4-3-5-8-16;/h3-14H,2,15H2,1H3;1H. The monoisotopic (exact) mass is 409 g/mol. The van der Waals surface area contributed by atoms with Crippen molar-refractivity contribution in [3.05, 3.63) is 89.5 Å². The van der Waals surface area contributed by atoms with Crippen molar-refractivity contribution < 1.29 is 31.6 Å². The lowest BCUT2D eigenvalue weighted by Crippen LogP contribution is -3.08. The number of esters is 1. The molecule has 7 heteroatoms. The summed E-state index contributed by atoms with van der Waals surface area (Å²) in [6, 6.07) is 17.7. The van der Waals surface area contributed by atoms with Gasteiger partial charge in [-0.2, -0.15) is 4.99 Å². The van der Waals surface area contributed by atoms with Crippen LogP contribution in [-0.2, 0) is 16.1 Å². The molecule has 0 amide bonds. The molecule has 2 aromatic rings. The fraction of sp³-hybridized carbons (Fsp3) is 0.136. The molecule has 1 unspecified atom stereocenters. The zero-order valence-corrected chi connectivity index (χ0v) is 16.6. The Balaban J connectivity index is 0.00000240. The van der Waals surface area contributed by atoms with E-state index in [0.717, 1.165) is 21.8 Å². The molecule has 0 saturated heterocycles. The van der Waals surface area contributed by atoms with Crippen LogP contribution in [0, 0.1) is 0 Å². The molecule has 2 aliphatic heterocycles. The van der Waals surface area contributed by atoms with Crippen LogP contribution >= 0.6 is 0 Å². The summed E-state index contributed by atoms with van der Waals surface area (Å²) in [6.07, 6.45) is 5.20. The van der Waals surface area contributed by atoms with Crippen LogP contribution in [0.1, 0.15) is 18.1 Å². The molecule has 2 heterocycles. The largest absolute Gasteiger partial charge is 1.00 e. The molecule has 0 bridgehead atoms. The number of carbonyl (C=O) groups excluding carboxylic acids is 1. The molecule has 2 aromatic carbocycles. The molecule has 0 spiro atoms. The number of hydrogen-bond acceptors (Lipinski definition) is 5. The third-order valence-electron chi connectivity index (χ3n) is 4.38. The number of benzene rings is 2. The first-order chi connectivity index (χ1) is 13.8. The van der Waals surface area contributed by atoms with E-state index in [2.05, 4.69) is 9.98 Å². The predicted molar refractivity (Wildman–Crippen MR) is 106 cm³/mol. The molecule has 1 N–H and O–H groups in total. The SMILES string of the molecule is CCOC(=O)C1=C2C=NC=C[NH+]2C(c2cccc(OCc3ccccc3)c2)=N1.[Cl-]. The van der Waals surface area contributed by atoms with Gasteiger partial charge in [0.15, 0.2) is 5.70 Å². The van der Waals surface area contributed by atoms with Gasteiger partial charge in [-0.1, -0.05) is 36.4 Å². The average Bonchev–Trinajstić information content (AvgIpc) is 3.13. The quantitative estimate of drug-likeness (QED) is 0.638. The fourth-order valence-electron chi connectivity index (χ4n) is 3.07. The van der Waals surface area contributed by atoms with Crippen LogP contribution in [0.15, 0.2) is 88.4 Å². The maximum Gasteiger partial charge on any atom is 0.363 e. The lowest BCUT2D eigenvalue weighted by Gasteiger charge is -2.13. The van der Waals surface area contributed by atoms with E-state index in [1.54, 1.807) is 19.3 Å². The van der Waals surface area contributed by atoms with Crippen molar-refractivity contribution in [3.63, 3.8) is 0 Å². The van der Waals surface area contributed by atoms with Gasteiger partial charge in [-0.05, 0) is 30.7 Å². The topological polar surface area (TPSA) is 64.7 Å². The minimum absolute atomic E-state index is 0. The molecule has 6 nitrogen and oxygen atoms in total. The number of nitrogens with zero attached hydrogens (tertiary/aromatic N) is 2. The van der Waals surface area contributed by atoms with E-state index in [-0.39, 0.29) is 18.1 Å². The van der Waals surface area contributed by atoms with E-state index in [9.17, 15) is 4.79 Å². The van der Waals surface area contributed by atoms with Crippen molar-refractivity contribution in [2.45, 2.75) is 13.5 Å². The van der Waals surface area contributed by atoms with Crippen molar-refractivity contribution in [1.82, 2.24) is 0 Å². The van der Waals surface area contributed by atoms with Gasteiger partial charge in [-0.25, -0.2) is 9.69 Å². The van der Waals surface area contributed by atoms with Crippen LogP contribution in [0.25, 0.3) is 0 Å². The van der Waals surface area contributed by atoms with Gasteiger partial charge in [0.05, 0.1) is 24.6 Å². The average molecular weight is 410 g/mol. The van der Waals surface area contributed by atoms with E-state index >= 15 is 0 Å². The number of rotatable bonds is 6. The van der Waals surface area contributed by atoms with E-state index in [4.69, 9.17) is 9.47 Å². The third kappa shape index (κ3) is 4.45. The highest BCUT2D eigenvalue weighted by atomic mass is 35.5. The number of aliphatic imine (C=N–C) groups is 2. The van der Waals surface area contributed by atoms with Crippen molar-refractivity contribution >= 4 is 18.0 Å². The summed E-state index contributed by atoms with van der Waals surface area (Å²) in [7, 11) is 0. The molecule has 4 rings (SSSR count). The highest BCUT2D eigenvalue weighted by Crippen LogP contribution is 2.19. The second-order valence-electron chi connectivity index (χ2n) is 6.25. The van der Waals surface area contributed by atoms with Crippen LogP contribution in [0.3, 0.4) is 0 Å². The number of halogens is 1. The number of hydrogen-bond donors (Lipinski definition) is 1. The van der Waals surface area contributed by atoms with Gasteiger partial charge in [0.2, 0.25) is 11.5 Å². The van der Waals surface area contributed by atoms with Crippen LogP contribution in [0.5, 0.6) is 5.75 Å². The Morgan fingerprint density at radius 2 is 1.93 bits per heavy atom. The first-order valence-electron chi connectivity index (χ1n) is 9.11. The van der Waals surface area contributed by atoms with Crippen molar-refractivity contribution in [2.24, 2.45) is 9.98 Å². The smallest absolute Gasteiger partial charge is 0.363 e. The molecule has 1 atom stereocenters. The molecule has 2 aliphatic rings. The maximum absolute atomic E-state index is 12.3. The molecular weight excluding hydrogens is 390 g/mol. The normalized spacial score (nSPS) is 16.7. The number of allylic oxidation sites excluding steroid dienone is 1. The minimum atomic E-state index is -0.441. The lowest BCUT2D eigenvalue weighted by molar-refractivity contribution is -0.689. The molecular formula is C22H20ClN3O3. The summed E-state index contributed by atoms with van der Waals surface area (Å²) in [4.78, 5) is 21.9. The second-order valence-corrected chi connectivity index (χ2v) is 6.25. The van der Waals surface area contributed by atoms with E-state index in [0.29, 0.717) is 24.7 Å². The number of quaternary nitrogens is 1. The van der Waals surface area contributed by atoms with Crippen LogP contribution in [0.2, 0.25) is 0 Å². The highest BCUT2D eigenvalue weighted by molar-refractivity contribution is 6.05. The van der Waals surface area contributed by atoms with Crippen molar-refractivity contribution in [3.8, 4) is 5.75 Å². The summed E-state index contributed by atoms with van der Waals surface area (Å²) in [5.41, 5.74) is 2.94. The zero-order chi connectivity index (χ0) is 19.3. The molecule has 0 aliphatic carbocycles. The number of nitrogens with one attached hydrogen (secondary N) is 1. The first-order valence-corrected chi connectivity index (χ1v) is 9.11. The maximum atomic E-state index is 12.3. The Bertz CT molecular complexity index is 1010. The van der Waals surface area contributed by atoms with E-state index in [1.165, 1.54) is 0 Å². The van der Waals surface area contributed by atoms with Gasteiger partial charge in [0, 0.05) is 0 Å². The molecule has 0 fully saturated rings. The second kappa shape index (κ2) is 9.32. The number of amidine groups is 1. The number of ether oxygens (including phenoxy) is 2. The summed E-state index contributed by atoms with van der Waals surface area (Å²) in [6.45, 7) is 2.55. The lowest BCUT2D eigenvalue weighted by atomic mass is 10.1. The fourth-order valence-corrected chi connectivity index (χ4v) is 3.07. The molecule has 0 radical (unpaired) electrons. The van der Waals surface area contributed by atoms with Gasteiger partial charge in [0.1, 0.15) is 18.6 Å². The minimum Gasteiger partial charge on any atom is -1.00 e. The Morgan fingerprint density at radius 1 is 1.10 bits per heavy atom. The number of fused-ring (bicyclic) bond motifs is 1. The Hall–Kier alpha value is -3.22. The van der Waals surface area contributed by atoms with E-state index < -0.39 is 5.97 Å². The van der Waals surface area contributed by atoms with E-state index in [1.807, 2.05) is 60.8 Å². The number of carbonyl (C=O) groups is 1. The van der Waals surface area contributed by atoms with Crippen LogP contribution in [-0.4, -0.2) is 24.6 Å². The summed E-state index contributed by atoms with van der Waals surface area (Å²) < 4.78 is 11.1. The van der Waals surface area contributed by atoms with Gasteiger partial charge in [0.25, 0.3) is 0 Å².